The number of pyridine rings is 1. The molecule has 0 spiro atoms. The number of aryl methyl sites for hydroxylation is 1. The molecule has 5 nitrogen and oxygen atoms in total. The van der Waals surface area contributed by atoms with Gasteiger partial charge in [-0.05, 0) is 35.0 Å². The minimum absolute atomic E-state index is 0.162. The van der Waals surface area contributed by atoms with E-state index in [1.807, 2.05) is 6.92 Å². The number of nitrogens with zero attached hydrogens (tertiary/aromatic N) is 2. The van der Waals surface area contributed by atoms with E-state index in [-0.39, 0.29) is 5.91 Å². The van der Waals surface area contributed by atoms with Crippen LogP contribution in [-0.4, -0.2) is 21.1 Å². The van der Waals surface area contributed by atoms with Crippen LogP contribution in [0.2, 0.25) is 0 Å². The number of aromatic nitrogens is 3. The molecule has 0 atom stereocenters. The first-order chi connectivity index (χ1) is 8.18. The highest BCUT2D eigenvalue weighted by molar-refractivity contribution is 9.10. The van der Waals surface area contributed by atoms with Gasteiger partial charge in [-0.1, -0.05) is 0 Å². The molecule has 0 bridgehead atoms. The molecule has 0 unspecified atom stereocenters. The van der Waals surface area contributed by atoms with Gasteiger partial charge in [0.1, 0.15) is 4.60 Å². The largest absolute Gasteiger partial charge is 0.348 e. The fourth-order valence-corrected chi connectivity index (χ4v) is 1.81. The Morgan fingerprint density at radius 1 is 1.59 bits per heavy atom. The van der Waals surface area contributed by atoms with Gasteiger partial charge < -0.3 is 5.32 Å². The summed E-state index contributed by atoms with van der Waals surface area (Å²) in [6, 6.07) is 3.44. The summed E-state index contributed by atoms with van der Waals surface area (Å²) in [5.41, 5.74) is 2.45. The van der Waals surface area contributed by atoms with Crippen LogP contribution < -0.4 is 5.32 Å². The number of carbonyl (C=O) groups is 1. The van der Waals surface area contributed by atoms with Crippen LogP contribution in [0, 0.1) is 6.92 Å². The summed E-state index contributed by atoms with van der Waals surface area (Å²) < 4.78 is 0.543. The van der Waals surface area contributed by atoms with Crippen LogP contribution in [0.25, 0.3) is 0 Å². The Bertz CT molecular complexity index is 538. The van der Waals surface area contributed by atoms with E-state index in [0.717, 1.165) is 11.3 Å². The zero-order valence-electron chi connectivity index (χ0n) is 9.20. The molecule has 0 saturated heterocycles. The molecule has 0 aliphatic rings. The van der Waals surface area contributed by atoms with Crippen molar-refractivity contribution in [3.05, 3.63) is 46.0 Å². The normalized spacial score (nSPS) is 10.2. The Morgan fingerprint density at radius 2 is 2.41 bits per heavy atom. The van der Waals surface area contributed by atoms with Crippen molar-refractivity contribution in [2.45, 2.75) is 13.5 Å². The molecule has 0 aliphatic carbocycles. The predicted molar refractivity (Wildman–Crippen MR) is 66.4 cm³/mol. The highest BCUT2D eigenvalue weighted by atomic mass is 79.9. The molecular formula is C11H11BrN4O. The Morgan fingerprint density at radius 3 is 3.06 bits per heavy atom. The molecule has 0 radical (unpaired) electrons. The van der Waals surface area contributed by atoms with E-state index in [4.69, 9.17) is 0 Å². The van der Waals surface area contributed by atoms with Gasteiger partial charge in [-0.2, -0.15) is 5.10 Å². The molecule has 0 fully saturated rings. The molecule has 0 aliphatic heterocycles. The van der Waals surface area contributed by atoms with Crippen LogP contribution in [0.15, 0.2) is 29.1 Å². The van der Waals surface area contributed by atoms with Gasteiger partial charge in [0.15, 0.2) is 0 Å². The number of aromatic amines is 1. The van der Waals surface area contributed by atoms with Crippen LogP contribution in [0.3, 0.4) is 0 Å². The van der Waals surface area contributed by atoms with E-state index in [1.54, 1.807) is 24.5 Å². The van der Waals surface area contributed by atoms with Crippen molar-refractivity contribution in [3.63, 3.8) is 0 Å². The maximum absolute atomic E-state index is 11.9. The van der Waals surface area contributed by atoms with Crippen molar-refractivity contribution in [1.82, 2.24) is 20.5 Å². The Hall–Kier alpha value is -1.69. The number of amides is 1. The number of nitrogens with one attached hydrogen (secondary N) is 2. The Labute approximate surface area is 107 Å². The number of H-pyrrole nitrogens is 1. The maximum Gasteiger partial charge on any atom is 0.254 e. The van der Waals surface area contributed by atoms with Crippen molar-refractivity contribution >= 4 is 21.8 Å². The van der Waals surface area contributed by atoms with Gasteiger partial charge in [0.2, 0.25) is 0 Å². The average Bonchev–Trinajstić information content (AvgIpc) is 2.72. The molecular weight excluding hydrogens is 284 g/mol. The lowest BCUT2D eigenvalue weighted by atomic mass is 10.2. The van der Waals surface area contributed by atoms with Gasteiger partial charge in [0, 0.05) is 24.0 Å². The molecule has 1 amide bonds. The SMILES string of the molecule is Cc1[nH]ncc1CNC(=O)c1cccnc1Br. The van der Waals surface area contributed by atoms with E-state index >= 15 is 0 Å². The lowest BCUT2D eigenvalue weighted by molar-refractivity contribution is 0.0949. The van der Waals surface area contributed by atoms with E-state index in [1.165, 1.54) is 0 Å². The van der Waals surface area contributed by atoms with Crippen molar-refractivity contribution in [2.75, 3.05) is 0 Å². The fraction of sp³-hybridized carbons (Fsp3) is 0.182. The second-order valence-corrected chi connectivity index (χ2v) is 4.30. The molecule has 17 heavy (non-hydrogen) atoms. The number of hydrogen-bond acceptors (Lipinski definition) is 3. The standard InChI is InChI=1S/C11H11BrN4O/c1-7-8(6-15-16-7)5-14-11(17)9-3-2-4-13-10(9)12/h2-4,6H,5H2,1H3,(H,14,17)(H,15,16). The molecule has 2 aromatic rings. The molecule has 88 valence electrons. The lowest BCUT2D eigenvalue weighted by Gasteiger charge is -2.05. The molecule has 0 aromatic carbocycles. The van der Waals surface area contributed by atoms with E-state index in [9.17, 15) is 4.79 Å². The zero-order chi connectivity index (χ0) is 12.3. The second kappa shape index (κ2) is 5.09. The van der Waals surface area contributed by atoms with Gasteiger partial charge >= 0.3 is 0 Å². The number of hydrogen-bond donors (Lipinski definition) is 2. The lowest BCUT2D eigenvalue weighted by Crippen LogP contribution is -2.23. The first kappa shape index (κ1) is 11.8. The third kappa shape index (κ3) is 2.71. The quantitative estimate of drug-likeness (QED) is 0.848. The smallest absolute Gasteiger partial charge is 0.254 e. The topological polar surface area (TPSA) is 70.7 Å². The summed E-state index contributed by atoms with van der Waals surface area (Å²) in [5.74, 6) is -0.162. The van der Waals surface area contributed by atoms with Gasteiger partial charge in [0.05, 0.1) is 11.8 Å². The van der Waals surface area contributed by atoms with Crippen molar-refractivity contribution in [1.29, 1.82) is 0 Å². The van der Waals surface area contributed by atoms with Gasteiger partial charge in [-0.15, -0.1) is 0 Å². The van der Waals surface area contributed by atoms with Gasteiger partial charge in [-0.25, -0.2) is 4.98 Å². The monoisotopic (exact) mass is 294 g/mol. The molecule has 2 aromatic heterocycles. The molecule has 0 saturated carbocycles. The van der Waals surface area contributed by atoms with Crippen molar-refractivity contribution in [2.24, 2.45) is 0 Å². The fourth-order valence-electron chi connectivity index (χ4n) is 1.38. The Kier molecular flexibility index (Phi) is 3.53. The number of halogens is 1. The van der Waals surface area contributed by atoms with E-state index in [2.05, 4.69) is 36.4 Å². The third-order valence-electron chi connectivity index (χ3n) is 2.38. The summed E-state index contributed by atoms with van der Waals surface area (Å²) in [4.78, 5) is 15.9. The highest BCUT2D eigenvalue weighted by Crippen LogP contribution is 2.12. The van der Waals surface area contributed by atoms with E-state index in [0.29, 0.717) is 16.7 Å². The minimum atomic E-state index is -0.162. The highest BCUT2D eigenvalue weighted by Gasteiger charge is 2.10. The van der Waals surface area contributed by atoms with Crippen LogP contribution in [0.4, 0.5) is 0 Å². The summed E-state index contributed by atoms with van der Waals surface area (Å²) in [6.45, 7) is 2.36. The van der Waals surface area contributed by atoms with Crippen LogP contribution in [-0.2, 0) is 6.54 Å². The average molecular weight is 295 g/mol. The predicted octanol–water partition coefficient (Wildman–Crippen LogP) is 1.81. The first-order valence-electron chi connectivity index (χ1n) is 5.06. The van der Waals surface area contributed by atoms with Crippen LogP contribution in [0.1, 0.15) is 21.6 Å². The van der Waals surface area contributed by atoms with E-state index < -0.39 is 0 Å². The summed E-state index contributed by atoms with van der Waals surface area (Å²) in [5, 5.41) is 9.53. The molecule has 2 heterocycles. The van der Waals surface area contributed by atoms with Crippen molar-refractivity contribution < 1.29 is 4.79 Å². The maximum atomic E-state index is 11.9. The number of carbonyl (C=O) groups excluding carboxylic acids is 1. The van der Waals surface area contributed by atoms with Crippen LogP contribution in [0.5, 0.6) is 0 Å². The summed E-state index contributed by atoms with van der Waals surface area (Å²) in [6.07, 6.45) is 3.33. The summed E-state index contributed by atoms with van der Waals surface area (Å²) >= 11 is 3.24. The summed E-state index contributed by atoms with van der Waals surface area (Å²) in [7, 11) is 0. The molecule has 2 N–H and O–H groups in total. The van der Waals surface area contributed by atoms with Crippen molar-refractivity contribution in [3.8, 4) is 0 Å². The third-order valence-corrected chi connectivity index (χ3v) is 3.01. The first-order valence-corrected chi connectivity index (χ1v) is 5.85. The number of rotatable bonds is 3. The Balaban J connectivity index is 2.04. The molecule has 2 rings (SSSR count). The van der Waals surface area contributed by atoms with Crippen LogP contribution >= 0.6 is 15.9 Å². The zero-order valence-corrected chi connectivity index (χ0v) is 10.8. The second-order valence-electron chi connectivity index (χ2n) is 3.54. The molecule has 6 heteroatoms. The van der Waals surface area contributed by atoms with Gasteiger partial charge in [-0.3, -0.25) is 9.89 Å². The van der Waals surface area contributed by atoms with Gasteiger partial charge in [0.25, 0.3) is 5.91 Å². The minimum Gasteiger partial charge on any atom is -0.348 e.